The van der Waals surface area contributed by atoms with Crippen LogP contribution in [0.25, 0.3) is 0 Å². The van der Waals surface area contributed by atoms with E-state index in [1.54, 1.807) is 0 Å². The van der Waals surface area contributed by atoms with Crippen LogP contribution in [0.5, 0.6) is 0 Å². The number of carbonyl (C=O) groups excluding carboxylic acids is 1. The summed E-state index contributed by atoms with van der Waals surface area (Å²) in [7, 11) is 0. The zero-order chi connectivity index (χ0) is 13.6. The first-order chi connectivity index (χ1) is 8.31. The van der Waals surface area contributed by atoms with E-state index in [0.29, 0.717) is 11.7 Å². The molecule has 2 aliphatic rings. The largest absolute Gasteiger partial charge is 0.294 e. The SMILES string of the molecule is CC(C)=CC[C@]12CC[C@](C(C)C)(C=C(C)C1=O)C2. The Bertz CT molecular complexity index is 423. The van der Waals surface area contributed by atoms with E-state index in [1.807, 2.05) is 6.92 Å². The Morgan fingerprint density at radius 3 is 2.61 bits per heavy atom. The van der Waals surface area contributed by atoms with E-state index in [2.05, 4.69) is 39.8 Å². The number of Topliss-reactive ketones (excluding diaryl/α,β-unsaturated/α-hetero) is 1. The van der Waals surface area contributed by atoms with Crippen molar-refractivity contribution in [2.24, 2.45) is 16.7 Å². The molecule has 1 fully saturated rings. The minimum Gasteiger partial charge on any atom is -0.294 e. The molecule has 2 atom stereocenters. The van der Waals surface area contributed by atoms with Gasteiger partial charge in [0.05, 0.1) is 0 Å². The van der Waals surface area contributed by atoms with Gasteiger partial charge in [0.25, 0.3) is 0 Å². The molecule has 0 spiro atoms. The van der Waals surface area contributed by atoms with Crippen LogP contribution in [0.2, 0.25) is 0 Å². The quantitative estimate of drug-likeness (QED) is 0.660. The minimum atomic E-state index is -0.0830. The molecule has 0 saturated heterocycles. The molecule has 1 heteroatoms. The van der Waals surface area contributed by atoms with Crippen molar-refractivity contribution in [2.75, 3.05) is 0 Å². The molecule has 2 aliphatic carbocycles. The lowest BCUT2D eigenvalue weighted by atomic mass is 9.64. The Balaban J connectivity index is 2.37. The summed E-state index contributed by atoms with van der Waals surface area (Å²) in [4.78, 5) is 12.6. The van der Waals surface area contributed by atoms with Gasteiger partial charge in [-0.25, -0.2) is 0 Å². The molecule has 1 nitrogen and oxygen atoms in total. The molecule has 0 aromatic carbocycles. The summed E-state index contributed by atoms with van der Waals surface area (Å²) in [6, 6.07) is 0. The molecular weight excluding hydrogens is 220 g/mol. The zero-order valence-electron chi connectivity index (χ0n) is 12.5. The maximum absolute atomic E-state index is 12.6. The van der Waals surface area contributed by atoms with Gasteiger partial charge in [-0.3, -0.25) is 4.79 Å². The monoisotopic (exact) mass is 246 g/mol. The van der Waals surface area contributed by atoms with Crippen molar-refractivity contribution >= 4 is 5.78 Å². The van der Waals surface area contributed by atoms with Crippen LogP contribution in [0.4, 0.5) is 0 Å². The smallest absolute Gasteiger partial charge is 0.164 e. The Labute approximate surface area is 111 Å². The fourth-order valence-corrected chi connectivity index (χ4v) is 3.84. The molecule has 1 saturated carbocycles. The summed E-state index contributed by atoms with van der Waals surface area (Å²) >= 11 is 0. The van der Waals surface area contributed by atoms with Crippen LogP contribution in [0.15, 0.2) is 23.3 Å². The van der Waals surface area contributed by atoms with Crippen molar-refractivity contribution in [1.29, 1.82) is 0 Å². The highest BCUT2D eigenvalue weighted by atomic mass is 16.1. The fraction of sp³-hybridized carbons (Fsp3) is 0.706. The third-order valence-electron chi connectivity index (χ3n) is 5.13. The molecule has 0 radical (unpaired) electrons. The molecule has 0 aromatic rings. The molecule has 0 heterocycles. The van der Waals surface area contributed by atoms with Crippen LogP contribution < -0.4 is 0 Å². The van der Waals surface area contributed by atoms with E-state index in [-0.39, 0.29) is 10.8 Å². The van der Waals surface area contributed by atoms with Gasteiger partial charge in [-0.15, -0.1) is 0 Å². The molecule has 18 heavy (non-hydrogen) atoms. The van der Waals surface area contributed by atoms with Gasteiger partial charge in [0, 0.05) is 5.41 Å². The third-order valence-corrected chi connectivity index (χ3v) is 5.13. The van der Waals surface area contributed by atoms with Gasteiger partial charge in [0.2, 0.25) is 0 Å². The summed E-state index contributed by atoms with van der Waals surface area (Å²) in [5.74, 6) is 1.04. The van der Waals surface area contributed by atoms with E-state index in [0.717, 1.165) is 24.8 Å². The van der Waals surface area contributed by atoms with Gasteiger partial charge in [-0.05, 0) is 63.4 Å². The van der Waals surface area contributed by atoms with Crippen LogP contribution >= 0.6 is 0 Å². The number of allylic oxidation sites excluding steroid dienone is 4. The average molecular weight is 246 g/mol. The maximum atomic E-state index is 12.6. The van der Waals surface area contributed by atoms with Crippen molar-refractivity contribution in [1.82, 2.24) is 0 Å². The van der Waals surface area contributed by atoms with Crippen molar-refractivity contribution in [3.63, 3.8) is 0 Å². The highest BCUT2D eigenvalue weighted by Crippen LogP contribution is 2.60. The van der Waals surface area contributed by atoms with Crippen molar-refractivity contribution < 1.29 is 4.79 Å². The van der Waals surface area contributed by atoms with Crippen LogP contribution in [0, 0.1) is 16.7 Å². The molecule has 0 aromatic heterocycles. The molecule has 0 unspecified atom stereocenters. The van der Waals surface area contributed by atoms with E-state index < -0.39 is 0 Å². The predicted octanol–water partition coefficient (Wildman–Crippen LogP) is 4.68. The molecule has 2 bridgehead atoms. The van der Waals surface area contributed by atoms with Gasteiger partial charge >= 0.3 is 0 Å². The number of hydrogen-bond acceptors (Lipinski definition) is 1. The Morgan fingerprint density at radius 2 is 2.06 bits per heavy atom. The predicted molar refractivity (Wildman–Crippen MR) is 76.4 cm³/mol. The van der Waals surface area contributed by atoms with E-state index in [4.69, 9.17) is 0 Å². The lowest BCUT2D eigenvalue weighted by Gasteiger charge is -2.38. The number of fused-ring (bicyclic) bond motifs is 2. The lowest BCUT2D eigenvalue weighted by Crippen LogP contribution is -2.36. The minimum absolute atomic E-state index is 0.0830. The lowest BCUT2D eigenvalue weighted by molar-refractivity contribution is -0.125. The highest BCUT2D eigenvalue weighted by Gasteiger charge is 2.55. The third kappa shape index (κ3) is 1.98. The number of hydrogen-bond donors (Lipinski definition) is 0. The second-order valence-corrected chi connectivity index (χ2v) is 6.99. The van der Waals surface area contributed by atoms with Crippen LogP contribution in [0.1, 0.15) is 60.3 Å². The summed E-state index contributed by atoms with van der Waals surface area (Å²) in [5.41, 5.74) is 2.54. The van der Waals surface area contributed by atoms with Gasteiger partial charge in [-0.1, -0.05) is 31.6 Å². The summed E-state index contributed by atoms with van der Waals surface area (Å²) in [6.07, 6.45) is 8.80. The summed E-state index contributed by atoms with van der Waals surface area (Å²) in [5, 5.41) is 0. The Kier molecular flexibility index (Phi) is 3.29. The highest BCUT2D eigenvalue weighted by molar-refractivity contribution is 6.01. The molecule has 0 amide bonds. The summed E-state index contributed by atoms with van der Waals surface area (Å²) < 4.78 is 0. The molecule has 0 N–H and O–H groups in total. The molecule has 100 valence electrons. The van der Waals surface area contributed by atoms with E-state index >= 15 is 0 Å². The summed E-state index contributed by atoms with van der Waals surface area (Å²) in [6.45, 7) is 10.9. The number of rotatable bonds is 3. The second kappa shape index (κ2) is 4.36. The van der Waals surface area contributed by atoms with Crippen LogP contribution in [-0.4, -0.2) is 5.78 Å². The van der Waals surface area contributed by atoms with Gasteiger partial charge in [0.15, 0.2) is 5.78 Å². The standard InChI is InChI=1S/C17H26O/c1-12(2)6-7-16-8-9-17(11-16,13(3)4)10-14(5)15(16)18/h6,10,13H,7-9,11H2,1-5H3/t16-,17+/m1/s1. The number of carbonyl (C=O) groups is 1. The first-order valence-electron chi connectivity index (χ1n) is 7.19. The topological polar surface area (TPSA) is 17.1 Å². The fourth-order valence-electron chi connectivity index (χ4n) is 3.84. The van der Waals surface area contributed by atoms with Gasteiger partial charge in [0.1, 0.15) is 0 Å². The molecular formula is C17H26O. The molecule has 2 rings (SSSR count). The Hall–Kier alpha value is -0.850. The van der Waals surface area contributed by atoms with Crippen LogP contribution in [-0.2, 0) is 4.79 Å². The second-order valence-electron chi connectivity index (χ2n) is 6.99. The van der Waals surface area contributed by atoms with Gasteiger partial charge < -0.3 is 0 Å². The normalized spacial score (nSPS) is 34.8. The van der Waals surface area contributed by atoms with Gasteiger partial charge in [-0.2, -0.15) is 0 Å². The Morgan fingerprint density at radius 1 is 1.39 bits per heavy atom. The first kappa shape index (κ1) is 13.6. The zero-order valence-corrected chi connectivity index (χ0v) is 12.5. The van der Waals surface area contributed by atoms with Crippen LogP contribution in [0.3, 0.4) is 0 Å². The average Bonchev–Trinajstić information content (AvgIpc) is 2.63. The maximum Gasteiger partial charge on any atom is 0.164 e. The number of ketones is 1. The van der Waals surface area contributed by atoms with Crippen molar-refractivity contribution in [3.05, 3.63) is 23.3 Å². The molecule has 0 aliphatic heterocycles. The first-order valence-corrected chi connectivity index (χ1v) is 7.19. The van der Waals surface area contributed by atoms with Crippen molar-refractivity contribution in [2.45, 2.75) is 60.3 Å². The van der Waals surface area contributed by atoms with Crippen molar-refractivity contribution in [3.8, 4) is 0 Å². The van der Waals surface area contributed by atoms with E-state index in [1.165, 1.54) is 12.0 Å². The van der Waals surface area contributed by atoms with E-state index in [9.17, 15) is 4.79 Å².